The minimum Gasteiger partial charge on any atom is -0.454 e. The fraction of sp³-hybridized carbons (Fsp3) is 0.455. The van der Waals surface area contributed by atoms with Gasteiger partial charge in [0.1, 0.15) is 0 Å². The molecule has 2 N–H and O–H groups in total. The molecule has 0 atom stereocenters. The number of aliphatic hydroxyl groups excluding tert-OH is 1. The van der Waals surface area contributed by atoms with Gasteiger partial charge in [0.2, 0.25) is 16.8 Å². The van der Waals surface area contributed by atoms with Crippen LogP contribution in [0.15, 0.2) is 23.1 Å². The van der Waals surface area contributed by atoms with Gasteiger partial charge < -0.3 is 14.6 Å². The third kappa shape index (κ3) is 2.58. The SMILES string of the molecule is CC(C)(CO)NS(=O)(=O)c1ccc2c(c1)OCO2. The molecular weight excluding hydrogens is 258 g/mol. The fourth-order valence-corrected chi connectivity index (χ4v) is 2.92. The number of rotatable bonds is 4. The first-order chi connectivity index (χ1) is 8.34. The highest BCUT2D eigenvalue weighted by molar-refractivity contribution is 7.89. The first-order valence-electron chi connectivity index (χ1n) is 5.38. The van der Waals surface area contributed by atoms with Crippen LogP contribution in [0.3, 0.4) is 0 Å². The van der Waals surface area contributed by atoms with Gasteiger partial charge >= 0.3 is 0 Å². The predicted molar refractivity (Wildman–Crippen MR) is 64.1 cm³/mol. The van der Waals surface area contributed by atoms with Gasteiger partial charge in [-0.2, -0.15) is 0 Å². The fourth-order valence-electron chi connectivity index (χ4n) is 1.50. The Hall–Kier alpha value is -1.31. The molecule has 0 amide bonds. The summed E-state index contributed by atoms with van der Waals surface area (Å²) in [5.41, 5.74) is -0.921. The number of fused-ring (bicyclic) bond motifs is 1. The lowest BCUT2D eigenvalue weighted by atomic mass is 10.1. The van der Waals surface area contributed by atoms with Gasteiger partial charge in [0, 0.05) is 6.07 Å². The molecule has 100 valence electrons. The maximum absolute atomic E-state index is 12.1. The van der Waals surface area contributed by atoms with Crippen molar-refractivity contribution in [2.24, 2.45) is 0 Å². The van der Waals surface area contributed by atoms with Crippen LogP contribution in [-0.4, -0.2) is 32.5 Å². The van der Waals surface area contributed by atoms with Gasteiger partial charge in [0.05, 0.1) is 17.0 Å². The Labute approximate surface area is 106 Å². The average Bonchev–Trinajstić information content (AvgIpc) is 2.74. The van der Waals surface area contributed by atoms with Gasteiger partial charge in [0.15, 0.2) is 11.5 Å². The number of aliphatic hydroxyl groups is 1. The summed E-state index contributed by atoms with van der Waals surface area (Å²) in [6.07, 6.45) is 0. The second-order valence-electron chi connectivity index (χ2n) is 4.66. The van der Waals surface area contributed by atoms with E-state index < -0.39 is 15.6 Å². The highest BCUT2D eigenvalue weighted by Gasteiger charge is 2.27. The summed E-state index contributed by atoms with van der Waals surface area (Å²) in [4.78, 5) is 0.0771. The number of nitrogens with one attached hydrogen (secondary N) is 1. The van der Waals surface area contributed by atoms with Gasteiger partial charge in [-0.3, -0.25) is 0 Å². The van der Waals surface area contributed by atoms with Crippen molar-refractivity contribution >= 4 is 10.0 Å². The zero-order valence-corrected chi connectivity index (χ0v) is 11.0. The molecule has 1 aliphatic rings. The van der Waals surface area contributed by atoms with Crippen molar-refractivity contribution in [1.29, 1.82) is 0 Å². The van der Waals surface area contributed by atoms with Crippen LogP contribution in [0.2, 0.25) is 0 Å². The van der Waals surface area contributed by atoms with E-state index in [1.165, 1.54) is 12.1 Å². The van der Waals surface area contributed by atoms with E-state index in [-0.39, 0.29) is 18.3 Å². The number of hydrogen-bond donors (Lipinski definition) is 2. The van der Waals surface area contributed by atoms with Gasteiger partial charge in [-0.05, 0) is 26.0 Å². The molecule has 18 heavy (non-hydrogen) atoms. The van der Waals surface area contributed by atoms with Crippen LogP contribution in [0.25, 0.3) is 0 Å². The Morgan fingerprint density at radius 1 is 1.33 bits per heavy atom. The number of ether oxygens (including phenoxy) is 2. The van der Waals surface area contributed by atoms with Crippen LogP contribution in [0, 0.1) is 0 Å². The standard InChI is InChI=1S/C11H15NO5S/c1-11(2,6-13)12-18(14,15)8-3-4-9-10(5-8)17-7-16-9/h3-5,12-13H,6-7H2,1-2H3. The second-order valence-corrected chi connectivity index (χ2v) is 6.34. The Balaban J connectivity index is 2.31. The largest absolute Gasteiger partial charge is 0.454 e. The number of sulfonamides is 1. The quantitative estimate of drug-likeness (QED) is 0.832. The summed E-state index contributed by atoms with van der Waals surface area (Å²) in [6, 6.07) is 4.38. The smallest absolute Gasteiger partial charge is 0.241 e. The molecule has 0 radical (unpaired) electrons. The van der Waals surface area contributed by atoms with Crippen molar-refractivity contribution in [3.63, 3.8) is 0 Å². The van der Waals surface area contributed by atoms with Crippen LogP contribution >= 0.6 is 0 Å². The van der Waals surface area contributed by atoms with Gasteiger partial charge in [-0.1, -0.05) is 0 Å². The molecule has 0 aliphatic carbocycles. The van der Waals surface area contributed by atoms with Crippen LogP contribution in [0.1, 0.15) is 13.8 Å². The molecule has 0 saturated carbocycles. The minimum absolute atomic E-state index is 0.0771. The van der Waals surface area contributed by atoms with E-state index in [9.17, 15) is 8.42 Å². The van der Waals surface area contributed by atoms with Crippen molar-refractivity contribution in [1.82, 2.24) is 4.72 Å². The summed E-state index contributed by atoms with van der Waals surface area (Å²) in [6.45, 7) is 2.99. The normalized spacial score (nSPS) is 14.8. The molecule has 0 bridgehead atoms. The highest BCUT2D eigenvalue weighted by Crippen LogP contribution is 2.33. The van der Waals surface area contributed by atoms with Crippen molar-refractivity contribution < 1.29 is 23.0 Å². The van der Waals surface area contributed by atoms with Crippen LogP contribution in [0.5, 0.6) is 11.5 Å². The summed E-state index contributed by atoms with van der Waals surface area (Å²) >= 11 is 0. The molecule has 6 nitrogen and oxygen atoms in total. The maximum Gasteiger partial charge on any atom is 0.241 e. The Kier molecular flexibility index (Phi) is 3.22. The molecule has 0 aromatic heterocycles. The monoisotopic (exact) mass is 273 g/mol. The molecule has 1 heterocycles. The first-order valence-corrected chi connectivity index (χ1v) is 6.87. The van der Waals surface area contributed by atoms with E-state index in [1.54, 1.807) is 19.9 Å². The van der Waals surface area contributed by atoms with Crippen molar-refractivity contribution in [3.05, 3.63) is 18.2 Å². The molecule has 2 rings (SSSR count). The van der Waals surface area contributed by atoms with Gasteiger partial charge in [0.25, 0.3) is 0 Å². The first kappa shape index (κ1) is 13.1. The molecule has 0 saturated heterocycles. The molecule has 0 unspecified atom stereocenters. The molecular formula is C11H15NO5S. The third-order valence-electron chi connectivity index (χ3n) is 2.46. The van der Waals surface area contributed by atoms with Crippen LogP contribution in [-0.2, 0) is 10.0 Å². The van der Waals surface area contributed by atoms with Crippen LogP contribution in [0.4, 0.5) is 0 Å². The van der Waals surface area contributed by atoms with E-state index in [4.69, 9.17) is 14.6 Å². The second kappa shape index (κ2) is 4.42. The lowest BCUT2D eigenvalue weighted by Crippen LogP contribution is -2.46. The van der Waals surface area contributed by atoms with E-state index in [0.29, 0.717) is 11.5 Å². The third-order valence-corrected chi connectivity index (χ3v) is 4.16. The zero-order valence-electron chi connectivity index (χ0n) is 10.1. The Bertz CT molecular complexity index is 553. The summed E-state index contributed by atoms with van der Waals surface area (Å²) < 4.78 is 36.8. The Morgan fingerprint density at radius 3 is 2.67 bits per heavy atom. The van der Waals surface area contributed by atoms with Crippen molar-refractivity contribution in [3.8, 4) is 11.5 Å². The molecule has 0 spiro atoms. The predicted octanol–water partition coefficient (Wildman–Crippen LogP) is 0.465. The molecule has 1 aromatic rings. The lowest BCUT2D eigenvalue weighted by molar-refractivity contribution is 0.174. The number of hydrogen-bond acceptors (Lipinski definition) is 5. The molecule has 0 fully saturated rings. The van der Waals surface area contributed by atoms with Gasteiger partial charge in [-0.15, -0.1) is 0 Å². The minimum atomic E-state index is -3.70. The average molecular weight is 273 g/mol. The zero-order chi connectivity index (χ0) is 13.4. The van der Waals surface area contributed by atoms with Crippen LogP contribution < -0.4 is 14.2 Å². The highest BCUT2D eigenvalue weighted by atomic mass is 32.2. The van der Waals surface area contributed by atoms with E-state index in [1.807, 2.05) is 0 Å². The van der Waals surface area contributed by atoms with Crippen molar-refractivity contribution in [2.75, 3.05) is 13.4 Å². The number of benzene rings is 1. The molecule has 1 aromatic carbocycles. The molecule has 1 aliphatic heterocycles. The summed E-state index contributed by atoms with van der Waals surface area (Å²) in [5, 5.41) is 9.09. The van der Waals surface area contributed by atoms with E-state index in [0.717, 1.165) is 0 Å². The maximum atomic E-state index is 12.1. The van der Waals surface area contributed by atoms with E-state index >= 15 is 0 Å². The van der Waals surface area contributed by atoms with E-state index in [2.05, 4.69) is 4.72 Å². The Morgan fingerprint density at radius 2 is 2.00 bits per heavy atom. The van der Waals surface area contributed by atoms with Crippen molar-refractivity contribution in [2.45, 2.75) is 24.3 Å². The summed E-state index contributed by atoms with van der Waals surface area (Å²) in [5.74, 6) is 0.926. The summed E-state index contributed by atoms with van der Waals surface area (Å²) in [7, 11) is -3.70. The topological polar surface area (TPSA) is 84.9 Å². The lowest BCUT2D eigenvalue weighted by Gasteiger charge is -2.23. The van der Waals surface area contributed by atoms with Gasteiger partial charge in [-0.25, -0.2) is 13.1 Å². The molecule has 7 heteroatoms.